The molecule has 0 saturated carbocycles. The molecule has 0 radical (unpaired) electrons. The van der Waals surface area contributed by atoms with E-state index >= 15 is 0 Å². The van der Waals surface area contributed by atoms with Crippen molar-refractivity contribution in [2.45, 2.75) is 36.7 Å². The Bertz CT molecular complexity index is 2040. The van der Waals surface area contributed by atoms with E-state index in [1.54, 1.807) is 23.5 Å². The Morgan fingerprint density at radius 2 is 1.48 bits per heavy atom. The van der Waals surface area contributed by atoms with Crippen LogP contribution < -0.4 is 14.8 Å². The SMILES string of the molecule is CCN(Cc1cccc(S(=O)(=O)O)c1)c1ccc2nc3ccc(=[N+](CC)Cc4cccc(S(=O)(=O)O)c4)cc-3sc2c1. The van der Waals surface area contributed by atoms with Crippen LogP contribution in [-0.2, 0) is 33.3 Å². The highest BCUT2D eigenvalue weighted by atomic mass is 32.2. The Balaban J connectivity index is 1.50. The summed E-state index contributed by atoms with van der Waals surface area (Å²) in [6.07, 6.45) is 0. The molecular formula is C30H30N3O6S3+. The van der Waals surface area contributed by atoms with Crippen LogP contribution in [0.2, 0.25) is 0 Å². The van der Waals surface area contributed by atoms with Gasteiger partial charge in [-0.1, -0.05) is 24.3 Å². The molecule has 218 valence electrons. The molecule has 3 aromatic carbocycles. The van der Waals surface area contributed by atoms with Crippen LogP contribution in [0.5, 0.6) is 0 Å². The Morgan fingerprint density at radius 1 is 0.810 bits per heavy atom. The molecule has 0 amide bonds. The number of aromatic nitrogens is 1. The van der Waals surface area contributed by atoms with Gasteiger partial charge in [0.1, 0.15) is 6.54 Å². The number of nitrogens with zero attached hydrogens (tertiary/aromatic N) is 3. The molecule has 12 heteroatoms. The van der Waals surface area contributed by atoms with Gasteiger partial charge in [-0.15, -0.1) is 11.3 Å². The van der Waals surface area contributed by atoms with Crippen molar-refractivity contribution in [3.8, 4) is 10.6 Å². The second kappa shape index (κ2) is 11.9. The lowest BCUT2D eigenvalue weighted by Crippen LogP contribution is -2.29. The quantitative estimate of drug-likeness (QED) is 0.135. The highest BCUT2D eigenvalue weighted by molar-refractivity contribution is 7.86. The van der Waals surface area contributed by atoms with Gasteiger partial charge in [-0.2, -0.15) is 16.8 Å². The van der Waals surface area contributed by atoms with Crippen molar-refractivity contribution in [2.75, 3.05) is 18.0 Å². The van der Waals surface area contributed by atoms with Crippen molar-refractivity contribution in [3.63, 3.8) is 0 Å². The highest BCUT2D eigenvalue weighted by Crippen LogP contribution is 2.32. The molecule has 3 aromatic rings. The van der Waals surface area contributed by atoms with E-state index in [2.05, 4.69) is 21.6 Å². The average Bonchev–Trinajstić information content (AvgIpc) is 2.96. The number of hydrogen-bond acceptors (Lipinski definition) is 7. The number of benzene rings is 4. The summed E-state index contributed by atoms with van der Waals surface area (Å²) in [6.45, 7) is 6.34. The van der Waals surface area contributed by atoms with E-state index in [1.807, 2.05) is 50.2 Å². The zero-order valence-corrected chi connectivity index (χ0v) is 25.5. The first-order valence-corrected chi connectivity index (χ1v) is 16.9. The highest BCUT2D eigenvalue weighted by Gasteiger charge is 2.16. The minimum Gasteiger partial charge on any atom is -0.367 e. The van der Waals surface area contributed by atoms with Gasteiger partial charge in [0.05, 0.1) is 30.6 Å². The van der Waals surface area contributed by atoms with E-state index in [0.29, 0.717) is 26.2 Å². The molecule has 9 nitrogen and oxygen atoms in total. The molecule has 0 atom stereocenters. The lowest BCUT2D eigenvalue weighted by atomic mass is 10.2. The van der Waals surface area contributed by atoms with E-state index in [1.165, 1.54) is 24.3 Å². The third-order valence-electron chi connectivity index (χ3n) is 6.98. The average molecular weight is 625 g/mol. The molecule has 2 N–H and O–H groups in total. The van der Waals surface area contributed by atoms with Crippen LogP contribution in [0.3, 0.4) is 0 Å². The van der Waals surface area contributed by atoms with Crippen LogP contribution in [0.4, 0.5) is 5.69 Å². The lowest BCUT2D eigenvalue weighted by Gasteiger charge is -2.24. The summed E-state index contributed by atoms with van der Waals surface area (Å²) < 4.78 is 68.3. The molecule has 0 bridgehead atoms. The molecule has 1 aliphatic carbocycles. The Labute approximate surface area is 248 Å². The first-order valence-electron chi connectivity index (χ1n) is 13.2. The summed E-state index contributed by atoms with van der Waals surface area (Å²) in [6, 6.07) is 24.7. The van der Waals surface area contributed by atoms with Gasteiger partial charge in [0.25, 0.3) is 20.2 Å². The first kappa shape index (κ1) is 29.8. The van der Waals surface area contributed by atoms with Crippen LogP contribution in [0.1, 0.15) is 25.0 Å². The van der Waals surface area contributed by atoms with Crippen LogP contribution in [-0.4, -0.2) is 44.0 Å². The standard InChI is InChI=1S/C30H29N3O6S3/c1-3-32(19-21-7-5-9-25(15-21)41(34,35)36)23-11-13-27-29(17-23)40-30-18-24(12-14-28(30)31-27)33(4-2)20-22-8-6-10-26(16-22)42(37,38)39/h5-18H,3-4,19-20H2,1-2H3,(H-,34,35,36,37,38,39)/p+1. The summed E-state index contributed by atoms with van der Waals surface area (Å²) in [5.74, 6) is 0. The summed E-state index contributed by atoms with van der Waals surface area (Å²) in [5, 5.41) is 0.963. The Kier molecular flexibility index (Phi) is 8.44. The maximum atomic E-state index is 11.6. The molecule has 1 heterocycles. The van der Waals surface area contributed by atoms with E-state index in [-0.39, 0.29) is 9.79 Å². The fourth-order valence-electron chi connectivity index (χ4n) is 4.82. The third kappa shape index (κ3) is 6.69. The van der Waals surface area contributed by atoms with Gasteiger partial charge in [-0.3, -0.25) is 9.11 Å². The van der Waals surface area contributed by atoms with Crippen molar-refractivity contribution in [3.05, 3.63) is 101 Å². The topological polar surface area (TPSA) is 128 Å². The molecular weight excluding hydrogens is 595 g/mol. The first-order chi connectivity index (χ1) is 19.9. The van der Waals surface area contributed by atoms with Crippen molar-refractivity contribution < 1.29 is 25.9 Å². The fourth-order valence-corrected chi connectivity index (χ4v) is 6.95. The minimum atomic E-state index is -4.28. The lowest BCUT2D eigenvalue weighted by molar-refractivity contribution is 0.480. The van der Waals surface area contributed by atoms with Gasteiger partial charge in [0.15, 0.2) is 6.54 Å². The van der Waals surface area contributed by atoms with Crippen molar-refractivity contribution in [1.29, 1.82) is 0 Å². The van der Waals surface area contributed by atoms with Gasteiger partial charge in [-0.05, 0) is 67.9 Å². The summed E-state index contributed by atoms with van der Waals surface area (Å²) in [7, 11) is -8.56. The number of anilines is 1. The molecule has 2 aliphatic rings. The molecule has 0 fully saturated rings. The fraction of sp³-hybridized carbons (Fsp3) is 0.200. The van der Waals surface area contributed by atoms with Gasteiger partial charge in [0, 0.05) is 36.5 Å². The Hall–Kier alpha value is -3.68. The van der Waals surface area contributed by atoms with Crippen molar-refractivity contribution >= 4 is 47.5 Å². The number of hydrogen-bond donors (Lipinski definition) is 2. The van der Waals surface area contributed by atoms with Crippen LogP contribution in [0.25, 0.3) is 20.8 Å². The second-order valence-electron chi connectivity index (χ2n) is 9.79. The molecule has 42 heavy (non-hydrogen) atoms. The van der Waals surface area contributed by atoms with Crippen LogP contribution in [0, 0.1) is 0 Å². The molecule has 0 spiro atoms. The second-order valence-corrected chi connectivity index (χ2v) is 13.7. The van der Waals surface area contributed by atoms with Crippen LogP contribution in [0.15, 0.2) is 94.7 Å². The van der Waals surface area contributed by atoms with E-state index < -0.39 is 20.2 Å². The molecule has 0 saturated heterocycles. The molecule has 1 aliphatic heterocycles. The van der Waals surface area contributed by atoms with E-state index in [4.69, 9.17) is 4.98 Å². The van der Waals surface area contributed by atoms with E-state index in [0.717, 1.165) is 43.0 Å². The molecule has 5 rings (SSSR count). The van der Waals surface area contributed by atoms with E-state index in [9.17, 15) is 25.9 Å². The molecule has 0 unspecified atom stereocenters. The van der Waals surface area contributed by atoms with Crippen LogP contribution >= 0.6 is 11.3 Å². The predicted octanol–water partition coefficient (Wildman–Crippen LogP) is 4.91. The largest absolute Gasteiger partial charge is 0.367 e. The third-order valence-corrected chi connectivity index (χ3v) is 9.77. The van der Waals surface area contributed by atoms with Gasteiger partial charge >= 0.3 is 0 Å². The van der Waals surface area contributed by atoms with Crippen molar-refractivity contribution in [2.24, 2.45) is 0 Å². The maximum Gasteiger partial charge on any atom is 0.294 e. The van der Waals surface area contributed by atoms with Gasteiger partial charge in [-0.25, -0.2) is 9.56 Å². The smallest absolute Gasteiger partial charge is 0.294 e. The van der Waals surface area contributed by atoms with Crippen molar-refractivity contribution in [1.82, 2.24) is 9.56 Å². The number of fused-ring (bicyclic) bond motifs is 2. The zero-order valence-electron chi connectivity index (χ0n) is 23.0. The minimum absolute atomic E-state index is 0.129. The summed E-state index contributed by atoms with van der Waals surface area (Å²) in [4.78, 5) is 7.71. The molecule has 0 aromatic heterocycles. The van der Waals surface area contributed by atoms with Gasteiger partial charge in [0.2, 0.25) is 5.36 Å². The Morgan fingerprint density at radius 3 is 2.12 bits per heavy atom. The monoisotopic (exact) mass is 624 g/mol. The summed E-state index contributed by atoms with van der Waals surface area (Å²) in [5.41, 5.74) is 4.22. The van der Waals surface area contributed by atoms with Gasteiger partial charge < -0.3 is 4.90 Å². The predicted molar refractivity (Wildman–Crippen MR) is 165 cm³/mol. The zero-order chi connectivity index (χ0) is 30.1. The number of rotatable bonds is 9. The normalized spacial score (nSPS) is 13.0. The maximum absolute atomic E-state index is 11.6. The summed E-state index contributed by atoms with van der Waals surface area (Å²) >= 11 is 1.62.